The maximum atomic E-state index is 13.8. The molecule has 3 aliphatic heterocycles. The normalized spacial score (nSPS) is 34.4. The molecule has 3 heterocycles. The summed E-state index contributed by atoms with van der Waals surface area (Å²) in [6.07, 6.45) is 1.43. The maximum absolute atomic E-state index is 13.8. The highest BCUT2D eigenvalue weighted by atomic mass is 32.2. The summed E-state index contributed by atoms with van der Waals surface area (Å²) in [6.45, 7) is 2.01. The van der Waals surface area contributed by atoms with Crippen LogP contribution in [0, 0.1) is 36.5 Å². The summed E-state index contributed by atoms with van der Waals surface area (Å²) in [5.41, 5.74) is 4.17. The minimum Gasteiger partial charge on any atom is -0.378 e. The fourth-order valence-corrected chi connectivity index (χ4v) is 10.7. The van der Waals surface area contributed by atoms with Crippen LogP contribution in [-0.2, 0) is 14.4 Å². The van der Waals surface area contributed by atoms with Crippen LogP contribution in [-0.4, -0.2) is 36.3 Å². The van der Waals surface area contributed by atoms with Crippen molar-refractivity contribution >= 4 is 51.8 Å². The van der Waals surface area contributed by atoms with Gasteiger partial charge in [-0.3, -0.25) is 19.3 Å². The molecule has 7 heteroatoms. The average Bonchev–Trinajstić information content (AvgIpc) is 3.59. The van der Waals surface area contributed by atoms with Crippen molar-refractivity contribution in [2.75, 3.05) is 23.9 Å². The van der Waals surface area contributed by atoms with E-state index in [9.17, 15) is 14.4 Å². The van der Waals surface area contributed by atoms with Crippen molar-refractivity contribution in [3.05, 3.63) is 69.5 Å². The topological polar surface area (TPSA) is 57.7 Å². The number of aryl methyl sites for hydroxylation is 1. The molecule has 0 aromatic heterocycles. The van der Waals surface area contributed by atoms with E-state index in [1.807, 2.05) is 57.0 Å². The van der Waals surface area contributed by atoms with Crippen molar-refractivity contribution < 1.29 is 14.4 Å². The molecular formula is C29H28N2O3S2. The van der Waals surface area contributed by atoms with Gasteiger partial charge in [0.25, 0.3) is 0 Å². The number of carbonyl (C=O) groups excluding carboxylic acids is 3. The standard InChI is InChI=1S/C29H28N2O3S2/c1-14-4-8-17(9-5-14)31-28(33)24-18-12-19(25(24)29(31)34)26-23(18)22(27-20(35-26)13-21(32)36-27)15-6-10-16(11-7-15)30(2)3/h4-11,18-19,22-26H,12-13H2,1-3H3. The lowest BCUT2D eigenvalue weighted by atomic mass is 9.68. The summed E-state index contributed by atoms with van der Waals surface area (Å²) in [7, 11) is 4.07. The molecule has 184 valence electrons. The largest absolute Gasteiger partial charge is 0.378 e. The van der Waals surface area contributed by atoms with Crippen LogP contribution < -0.4 is 9.80 Å². The number of fused-ring (bicyclic) bond motifs is 8. The summed E-state index contributed by atoms with van der Waals surface area (Å²) >= 11 is 3.26. The van der Waals surface area contributed by atoms with Crippen molar-refractivity contribution in [1.29, 1.82) is 0 Å². The van der Waals surface area contributed by atoms with Gasteiger partial charge in [0.05, 0.1) is 17.5 Å². The summed E-state index contributed by atoms with van der Waals surface area (Å²) in [5, 5.41) is 0.488. The highest BCUT2D eigenvalue weighted by Crippen LogP contribution is 2.70. The van der Waals surface area contributed by atoms with E-state index in [-0.39, 0.29) is 57.7 Å². The van der Waals surface area contributed by atoms with Gasteiger partial charge in [0.2, 0.25) is 11.8 Å². The van der Waals surface area contributed by atoms with E-state index in [1.165, 1.54) is 32.0 Å². The molecule has 2 amide bonds. The summed E-state index contributed by atoms with van der Waals surface area (Å²) in [5.74, 6) is 0.183. The molecule has 7 rings (SSSR count). The summed E-state index contributed by atoms with van der Waals surface area (Å²) in [4.78, 5) is 46.0. The molecular weight excluding hydrogens is 488 g/mol. The van der Waals surface area contributed by atoms with Gasteiger partial charge in [-0.2, -0.15) is 0 Å². The van der Waals surface area contributed by atoms with E-state index >= 15 is 0 Å². The first kappa shape index (κ1) is 22.7. The van der Waals surface area contributed by atoms with Gasteiger partial charge >= 0.3 is 0 Å². The molecule has 5 nitrogen and oxygen atoms in total. The zero-order valence-electron chi connectivity index (χ0n) is 20.5. The van der Waals surface area contributed by atoms with E-state index in [4.69, 9.17) is 0 Å². The van der Waals surface area contributed by atoms with Gasteiger partial charge in [0, 0.05) is 47.2 Å². The quantitative estimate of drug-likeness (QED) is 0.523. The third kappa shape index (κ3) is 3.08. The van der Waals surface area contributed by atoms with E-state index < -0.39 is 0 Å². The number of imide groups is 1. The van der Waals surface area contributed by atoms with Gasteiger partial charge in [-0.15, -0.1) is 11.8 Å². The van der Waals surface area contributed by atoms with Crippen LogP contribution in [0.1, 0.15) is 29.9 Å². The van der Waals surface area contributed by atoms with Crippen molar-refractivity contribution in [1.82, 2.24) is 0 Å². The van der Waals surface area contributed by atoms with Gasteiger partial charge < -0.3 is 4.90 Å². The fraction of sp³-hybridized carbons (Fsp3) is 0.414. The maximum Gasteiger partial charge on any atom is 0.238 e. The number of rotatable bonds is 3. The van der Waals surface area contributed by atoms with E-state index in [0.717, 1.165) is 17.7 Å². The number of nitrogens with zero attached hydrogens (tertiary/aromatic N) is 2. The first-order valence-corrected chi connectivity index (χ1v) is 14.3. The molecule has 0 radical (unpaired) electrons. The van der Waals surface area contributed by atoms with Gasteiger partial charge in [-0.1, -0.05) is 41.6 Å². The van der Waals surface area contributed by atoms with Crippen LogP contribution in [0.15, 0.2) is 58.3 Å². The number of carbonyl (C=O) groups is 3. The van der Waals surface area contributed by atoms with Crippen LogP contribution >= 0.6 is 23.5 Å². The molecule has 3 fully saturated rings. The smallest absolute Gasteiger partial charge is 0.238 e. The van der Waals surface area contributed by atoms with Crippen LogP contribution in [0.3, 0.4) is 0 Å². The number of anilines is 2. The number of benzene rings is 2. The Morgan fingerprint density at radius 2 is 1.56 bits per heavy atom. The Bertz CT molecular complexity index is 1330. The molecule has 2 aromatic carbocycles. The lowest BCUT2D eigenvalue weighted by molar-refractivity contribution is -0.123. The molecule has 5 aliphatic rings. The number of hydrogen-bond donors (Lipinski definition) is 0. The summed E-state index contributed by atoms with van der Waals surface area (Å²) < 4.78 is 0. The molecule has 36 heavy (non-hydrogen) atoms. The van der Waals surface area contributed by atoms with Crippen molar-refractivity contribution in [3.63, 3.8) is 0 Å². The van der Waals surface area contributed by atoms with Crippen molar-refractivity contribution in [2.45, 2.75) is 30.9 Å². The monoisotopic (exact) mass is 516 g/mol. The van der Waals surface area contributed by atoms with Gasteiger partial charge in [0.15, 0.2) is 5.12 Å². The molecule has 2 bridgehead atoms. The minimum atomic E-state index is -0.251. The van der Waals surface area contributed by atoms with E-state index in [0.29, 0.717) is 12.1 Å². The molecule has 0 spiro atoms. The van der Waals surface area contributed by atoms with Crippen LogP contribution in [0.5, 0.6) is 0 Å². The van der Waals surface area contributed by atoms with Crippen LogP contribution in [0.2, 0.25) is 0 Å². The minimum absolute atomic E-state index is 0.0241. The number of thioether (sulfide) groups is 2. The zero-order valence-corrected chi connectivity index (χ0v) is 22.1. The zero-order chi connectivity index (χ0) is 24.9. The van der Waals surface area contributed by atoms with Crippen molar-refractivity contribution in [3.8, 4) is 0 Å². The lowest BCUT2D eigenvalue weighted by Crippen LogP contribution is -2.42. The van der Waals surface area contributed by atoms with Crippen molar-refractivity contribution in [2.24, 2.45) is 29.6 Å². The Hall–Kier alpha value is -2.51. The third-order valence-electron chi connectivity index (χ3n) is 8.97. The van der Waals surface area contributed by atoms with Gasteiger partial charge in [-0.25, -0.2) is 0 Å². The first-order chi connectivity index (χ1) is 17.3. The number of amides is 2. The second-order valence-corrected chi connectivity index (χ2v) is 13.4. The number of hydrogen-bond acceptors (Lipinski definition) is 6. The number of allylic oxidation sites excluding steroid dienone is 2. The first-order valence-electron chi connectivity index (χ1n) is 12.7. The Balaban J connectivity index is 1.29. The average molecular weight is 517 g/mol. The second kappa shape index (κ2) is 7.99. The molecule has 0 N–H and O–H groups in total. The Labute approximate surface area is 219 Å². The SMILES string of the molecule is Cc1ccc(N2C(=O)C3C4CC(C3C2=O)C2C(c3ccc(N(C)C)cc3)C3=C(CC(=O)S3)SC42)cc1. The summed E-state index contributed by atoms with van der Waals surface area (Å²) in [6, 6.07) is 16.4. The van der Waals surface area contributed by atoms with E-state index in [2.05, 4.69) is 29.2 Å². The molecule has 7 atom stereocenters. The highest BCUT2D eigenvalue weighted by Gasteiger charge is 2.69. The molecule has 7 unspecified atom stereocenters. The lowest BCUT2D eigenvalue weighted by Gasteiger charge is -2.44. The van der Waals surface area contributed by atoms with Gasteiger partial charge in [-0.05, 0) is 60.9 Å². The Morgan fingerprint density at radius 1 is 0.889 bits per heavy atom. The predicted molar refractivity (Wildman–Crippen MR) is 145 cm³/mol. The predicted octanol–water partition coefficient (Wildman–Crippen LogP) is 5.21. The van der Waals surface area contributed by atoms with Crippen LogP contribution in [0.4, 0.5) is 11.4 Å². The molecule has 2 aliphatic carbocycles. The highest BCUT2D eigenvalue weighted by molar-refractivity contribution is 8.18. The molecule has 2 saturated carbocycles. The van der Waals surface area contributed by atoms with Crippen LogP contribution in [0.25, 0.3) is 0 Å². The second-order valence-electron chi connectivity index (χ2n) is 11.0. The fourth-order valence-electron chi connectivity index (χ4n) is 7.50. The Morgan fingerprint density at radius 3 is 2.22 bits per heavy atom. The molecule has 2 aromatic rings. The van der Waals surface area contributed by atoms with E-state index in [1.54, 1.807) is 0 Å². The molecule has 1 saturated heterocycles. The Kier molecular flexibility index (Phi) is 5.03. The van der Waals surface area contributed by atoms with Gasteiger partial charge in [0.1, 0.15) is 0 Å². The third-order valence-corrected chi connectivity index (χ3v) is 11.8.